The lowest BCUT2D eigenvalue weighted by molar-refractivity contribution is 0.0991. The summed E-state index contributed by atoms with van der Waals surface area (Å²) >= 11 is 1.51. The number of fused-ring (bicyclic) bond motifs is 1. The van der Waals surface area contributed by atoms with Gasteiger partial charge in [-0.05, 0) is 31.5 Å². The number of methoxy groups -OCH3 is 1. The van der Waals surface area contributed by atoms with Gasteiger partial charge in [0.25, 0.3) is 5.91 Å². The van der Waals surface area contributed by atoms with Crippen molar-refractivity contribution in [3.05, 3.63) is 46.0 Å². The van der Waals surface area contributed by atoms with Gasteiger partial charge in [0.05, 0.1) is 16.8 Å². The van der Waals surface area contributed by atoms with Crippen LogP contribution in [-0.4, -0.2) is 34.0 Å². The van der Waals surface area contributed by atoms with E-state index in [1.807, 2.05) is 17.7 Å². The van der Waals surface area contributed by atoms with E-state index in [1.165, 1.54) is 16.9 Å². The molecule has 0 spiro atoms. The van der Waals surface area contributed by atoms with Crippen LogP contribution in [0.2, 0.25) is 0 Å². The number of aromatic nitrogens is 3. The van der Waals surface area contributed by atoms with E-state index >= 15 is 0 Å². The summed E-state index contributed by atoms with van der Waals surface area (Å²) in [5.74, 6) is -0.317. The second kappa shape index (κ2) is 6.70. The zero-order chi connectivity index (χ0) is 17.3. The molecule has 0 aliphatic heterocycles. The fourth-order valence-corrected chi connectivity index (χ4v) is 3.78. The van der Waals surface area contributed by atoms with Crippen LogP contribution in [0.1, 0.15) is 21.6 Å². The summed E-state index contributed by atoms with van der Waals surface area (Å²) in [6.45, 7) is 5.12. The molecule has 3 rings (SSSR count). The molecule has 2 aromatic heterocycles. The van der Waals surface area contributed by atoms with Crippen LogP contribution in [0.25, 0.3) is 10.2 Å². The predicted octanol–water partition coefficient (Wildman–Crippen LogP) is 2.44. The second-order valence-corrected chi connectivity index (χ2v) is 6.76. The first-order valence-corrected chi connectivity index (χ1v) is 8.49. The first kappa shape index (κ1) is 16.6. The van der Waals surface area contributed by atoms with E-state index in [2.05, 4.69) is 35.2 Å². The van der Waals surface area contributed by atoms with E-state index in [1.54, 1.807) is 18.8 Å². The van der Waals surface area contributed by atoms with Crippen molar-refractivity contribution in [2.24, 2.45) is 12.0 Å². The molecule has 126 valence electrons. The molecule has 6 nitrogen and oxygen atoms in total. The van der Waals surface area contributed by atoms with Gasteiger partial charge in [0.15, 0.2) is 10.5 Å². The number of ether oxygens (including phenoxy) is 1. The molecule has 0 atom stereocenters. The van der Waals surface area contributed by atoms with E-state index in [0.29, 0.717) is 23.6 Å². The molecule has 0 saturated heterocycles. The Morgan fingerprint density at radius 3 is 2.83 bits per heavy atom. The topological polar surface area (TPSA) is 61.4 Å². The molecule has 0 aliphatic carbocycles. The highest BCUT2D eigenvalue weighted by atomic mass is 32.1. The molecule has 0 saturated carbocycles. The molecule has 2 heterocycles. The van der Waals surface area contributed by atoms with Crippen LogP contribution in [0.4, 0.5) is 0 Å². The fraction of sp³-hybridized carbons (Fsp3) is 0.353. The smallest absolute Gasteiger partial charge is 0.300 e. The third kappa shape index (κ3) is 3.18. The number of thiazole rings is 1. The lowest BCUT2D eigenvalue weighted by Crippen LogP contribution is -2.19. The van der Waals surface area contributed by atoms with Crippen LogP contribution in [0.3, 0.4) is 0 Å². The highest BCUT2D eigenvalue weighted by Gasteiger charge is 2.14. The average Bonchev–Trinajstić information content (AvgIpc) is 3.04. The highest BCUT2D eigenvalue weighted by Crippen LogP contribution is 2.19. The SMILES string of the molecule is COCCn1c(=NC(=O)c2nn(C)cc2C)sc2cc(C)ccc21. The summed E-state index contributed by atoms with van der Waals surface area (Å²) in [4.78, 5) is 17.5. The molecule has 0 N–H and O–H groups in total. The molecule has 0 unspecified atom stereocenters. The molecule has 7 heteroatoms. The summed E-state index contributed by atoms with van der Waals surface area (Å²) in [5, 5.41) is 4.21. The normalized spacial score (nSPS) is 12.2. The third-order valence-corrected chi connectivity index (χ3v) is 4.81. The fourth-order valence-electron chi connectivity index (χ4n) is 2.62. The van der Waals surface area contributed by atoms with Crippen molar-refractivity contribution < 1.29 is 9.53 Å². The molecule has 24 heavy (non-hydrogen) atoms. The predicted molar refractivity (Wildman–Crippen MR) is 94.3 cm³/mol. The van der Waals surface area contributed by atoms with E-state index in [0.717, 1.165) is 15.8 Å². The Morgan fingerprint density at radius 2 is 2.17 bits per heavy atom. The first-order chi connectivity index (χ1) is 11.5. The van der Waals surface area contributed by atoms with Gasteiger partial charge in [0.1, 0.15) is 0 Å². The standard InChI is InChI=1S/C17H20N4O2S/c1-11-5-6-13-14(9-11)24-17(21(13)7-8-23-4)18-16(22)15-12(2)10-20(3)19-15/h5-6,9-10H,7-8H2,1-4H3. The minimum atomic E-state index is -0.317. The summed E-state index contributed by atoms with van der Waals surface area (Å²) < 4.78 is 9.96. The minimum absolute atomic E-state index is 0.317. The van der Waals surface area contributed by atoms with Gasteiger partial charge in [-0.2, -0.15) is 10.1 Å². The summed E-state index contributed by atoms with van der Waals surface area (Å²) in [6.07, 6.45) is 1.82. The van der Waals surface area contributed by atoms with Gasteiger partial charge in [-0.1, -0.05) is 17.4 Å². The van der Waals surface area contributed by atoms with Crippen LogP contribution in [0.15, 0.2) is 29.4 Å². The molecule has 1 amide bonds. The van der Waals surface area contributed by atoms with Crippen molar-refractivity contribution in [3.8, 4) is 0 Å². The van der Waals surface area contributed by atoms with Gasteiger partial charge >= 0.3 is 0 Å². The summed E-state index contributed by atoms with van der Waals surface area (Å²) in [7, 11) is 3.46. The summed E-state index contributed by atoms with van der Waals surface area (Å²) in [5.41, 5.74) is 3.46. The van der Waals surface area contributed by atoms with Crippen molar-refractivity contribution in [1.29, 1.82) is 0 Å². The van der Waals surface area contributed by atoms with Crippen molar-refractivity contribution in [2.45, 2.75) is 20.4 Å². The van der Waals surface area contributed by atoms with E-state index < -0.39 is 0 Å². The number of aryl methyl sites for hydroxylation is 3. The Kier molecular flexibility index (Phi) is 4.64. The second-order valence-electron chi connectivity index (χ2n) is 5.75. The molecule has 0 aliphatic rings. The average molecular weight is 344 g/mol. The monoisotopic (exact) mass is 344 g/mol. The molecular weight excluding hydrogens is 324 g/mol. The number of hydrogen-bond acceptors (Lipinski definition) is 4. The lowest BCUT2D eigenvalue weighted by atomic mass is 10.2. The van der Waals surface area contributed by atoms with Gasteiger partial charge in [-0.3, -0.25) is 9.48 Å². The van der Waals surface area contributed by atoms with Crippen LogP contribution >= 0.6 is 11.3 Å². The molecule has 0 radical (unpaired) electrons. The Bertz CT molecular complexity index is 965. The molecule has 0 bridgehead atoms. The lowest BCUT2D eigenvalue weighted by Gasteiger charge is -2.04. The number of nitrogens with zero attached hydrogens (tertiary/aromatic N) is 4. The van der Waals surface area contributed by atoms with Gasteiger partial charge in [0.2, 0.25) is 0 Å². The zero-order valence-electron chi connectivity index (χ0n) is 14.2. The largest absolute Gasteiger partial charge is 0.383 e. The van der Waals surface area contributed by atoms with Gasteiger partial charge in [0, 0.05) is 32.5 Å². The van der Waals surface area contributed by atoms with Gasteiger partial charge in [-0.25, -0.2) is 0 Å². The number of benzene rings is 1. The Morgan fingerprint density at radius 1 is 1.38 bits per heavy atom. The summed E-state index contributed by atoms with van der Waals surface area (Å²) in [6, 6.07) is 6.23. The number of rotatable bonds is 4. The van der Waals surface area contributed by atoms with Crippen molar-refractivity contribution >= 4 is 27.5 Å². The van der Waals surface area contributed by atoms with Crippen molar-refractivity contribution in [3.63, 3.8) is 0 Å². The van der Waals surface area contributed by atoms with Crippen molar-refractivity contribution in [1.82, 2.24) is 14.3 Å². The molecule has 0 fully saturated rings. The van der Waals surface area contributed by atoms with Crippen LogP contribution in [0, 0.1) is 13.8 Å². The zero-order valence-corrected chi connectivity index (χ0v) is 15.1. The number of hydrogen-bond donors (Lipinski definition) is 0. The van der Waals surface area contributed by atoms with Gasteiger partial charge < -0.3 is 9.30 Å². The minimum Gasteiger partial charge on any atom is -0.383 e. The molecular formula is C17H20N4O2S. The van der Waals surface area contributed by atoms with E-state index in [9.17, 15) is 4.79 Å². The molecule has 1 aromatic carbocycles. The maximum Gasteiger partial charge on any atom is 0.300 e. The van der Waals surface area contributed by atoms with Crippen LogP contribution < -0.4 is 4.80 Å². The molecule has 3 aromatic rings. The van der Waals surface area contributed by atoms with E-state index in [4.69, 9.17) is 4.74 Å². The van der Waals surface area contributed by atoms with Crippen molar-refractivity contribution in [2.75, 3.05) is 13.7 Å². The maximum absolute atomic E-state index is 12.5. The van der Waals surface area contributed by atoms with E-state index in [-0.39, 0.29) is 5.91 Å². The Labute approximate surface area is 144 Å². The third-order valence-electron chi connectivity index (χ3n) is 3.77. The number of carbonyl (C=O) groups is 1. The Balaban J connectivity index is 2.13. The quantitative estimate of drug-likeness (QED) is 0.730. The number of amides is 1. The van der Waals surface area contributed by atoms with Gasteiger partial charge in [-0.15, -0.1) is 0 Å². The van der Waals surface area contributed by atoms with Crippen LogP contribution in [0.5, 0.6) is 0 Å². The first-order valence-electron chi connectivity index (χ1n) is 7.68. The van der Waals surface area contributed by atoms with Crippen LogP contribution in [-0.2, 0) is 18.3 Å². The maximum atomic E-state index is 12.5. The number of carbonyl (C=O) groups excluding carboxylic acids is 1. The highest BCUT2D eigenvalue weighted by molar-refractivity contribution is 7.16. The Hall–Kier alpha value is -2.25.